The first-order valence-electron chi connectivity index (χ1n) is 3.70. The summed E-state index contributed by atoms with van der Waals surface area (Å²) in [5.74, 6) is 0. The minimum absolute atomic E-state index is 0.221. The lowest BCUT2D eigenvalue weighted by atomic mass is 10.1. The van der Waals surface area contributed by atoms with Gasteiger partial charge < -0.3 is 5.73 Å². The standard InChI is InChI=1S/C8H9BrF2N2/c1-4-2-6(8(10)11)13-7(9)5(4)3-12/h2,8H,3,12H2,1H3. The highest BCUT2D eigenvalue weighted by atomic mass is 79.9. The number of nitrogens with two attached hydrogens (primary N) is 1. The minimum atomic E-state index is -2.54. The Morgan fingerprint density at radius 1 is 1.62 bits per heavy atom. The molecule has 0 aliphatic rings. The Labute approximate surface area is 83.3 Å². The fraction of sp³-hybridized carbons (Fsp3) is 0.375. The van der Waals surface area contributed by atoms with E-state index in [0.717, 1.165) is 11.1 Å². The van der Waals surface area contributed by atoms with Gasteiger partial charge >= 0.3 is 0 Å². The van der Waals surface area contributed by atoms with E-state index < -0.39 is 6.43 Å². The van der Waals surface area contributed by atoms with Crippen molar-refractivity contribution >= 4 is 15.9 Å². The van der Waals surface area contributed by atoms with E-state index in [9.17, 15) is 8.78 Å². The number of aryl methyl sites for hydroxylation is 1. The van der Waals surface area contributed by atoms with Crippen molar-refractivity contribution in [2.75, 3.05) is 0 Å². The van der Waals surface area contributed by atoms with Crippen molar-refractivity contribution < 1.29 is 8.78 Å². The largest absolute Gasteiger partial charge is 0.326 e. The van der Waals surface area contributed by atoms with Crippen LogP contribution in [0.1, 0.15) is 23.2 Å². The SMILES string of the molecule is Cc1cc(C(F)F)nc(Br)c1CN. The Morgan fingerprint density at radius 2 is 2.23 bits per heavy atom. The van der Waals surface area contributed by atoms with E-state index in [1.165, 1.54) is 6.07 Å². The quantitative estimate of drug-likeness (QED) is 0.820. The van der Waals surface area contributed by atoms with Crippen molar-refractivity contribution in [2.45, 2.75) is 19.9 Å². The molecule has 0 aromatic carbocycles. The van der Waals surface area contributed by atoms with Crippen molar-refractivity contribution in [3.8, 4) is 0 Å². The molecule has 0 bridgehead atoms. The molecule has 0 radical (unpaired) electrons. The van der Waals surface area contributed by atoms with Crippen molar-refractivity contribution in [1.29, 1.82) is 0 Å². The molecule has 0 fully saturated rings. The lowest BCUT2D eigenvalue weighted by molar-refractivity contribution is 0.145. The predicted molar refractivity (Wildman–Crippen MR) is 49.5 cm³/mol. The molecule has 5 heteroatoms. The third-order valence-corrected chi connectivity index (χ3v) is 2.40. The molecule has 0 unspecified atom stereocenters. The molecule has 0 aliphatic carbocycles. The summed E-state index contributed by atoms with van der Waals surface area (Å²) in [5.41, 5.74) is 6.70. The van der Waals surface area contributed by atoms with Gasteiger partial charge in [0.05, 0.1) is 0 Å². The number of hydrogen-bond donors (Lipinski definition) is 1. The summed E-state index contributed by atoms with van der Waals surface area (Å²) in [6, 6.07) is 1.36. The van der Waals surface area contributed by atoms with Crippen molar-refractivity contribution in [3.05, 3.63) is 27.5 Å². The summed E-state index contributed by atoms with van der Waals surface area (Å²) in [7, 11) is 0. The molecule has 0 amide bonds. The van der Waals surface area contributed by atoms with E-state index in [2.05, 4.69) is 20.9 Å². The zero-order valence-electron chi connectivity index (χ0n) is 7.02. The summed E-state index contributed by atoms with van der Waals surface area (Å²) in [6.07, 6.45) is -2.54. The van der Waals surface area contributed by atoms with E-state index in [0.29, 0.717) is 11.1 Å². The summed E-state index contributed by atoms with van der Waals surface area (Å²) >= 11 is 3.10. The molecule has 1 aromatic heterocycles. The zero-order chi connectivity index (χ0) is 10.0. The summed E-state index contributed by atoms with van der Waals surface area (Å²) in [6.45, 7) is 2.03. The van der Waals surface area contributed by atoms with Gasteiger partial charge in [0.25, 0.3) is 6.43 Å². The summed E-state index contributed by atoms with van der Waals surface area (Å²) in [5, 5.41) is 0. The highest BCUT2D eigenvalue weighted by Crippen LogP contribution is 2.24. The normalized spacial score (nSPS) is 10.9. The van der Waals surface area contributed by atoms with Gasteiger partial charge in [0.1, 0.15) is 10.3 Å². The summed E-state index contributed by atoms with van der Waals surface area (Å²) < 4.78 is 24.9. The minimum Gasteiger partial charge on any atom is -0.326 e. The molecule has 0 atom stereocenters. The van der Waals surface area contributed by atoms with Gasteiger partial charge in [0.2, 0.25) is 0 Å². The van der Waals surface area contributed by atoms with E-state index in [4.69, 9.17) is 5.73 Å². The first-order chi connectivity index (χ1) is 6.06. The maximum absolute atomic E-state index is 12.2. The summed E-state index contributed by atoms with van der Waals surface area (Å²) in [4.78, 5) is 3.69. The molecular weight excluding hydrogens is 242 g/mol. The third-order valence-electron chi connectivity index (χ3n) is 1.74. The lowest BCUT2D eigenvalue weighted by Crippen LogP contribution is -2.04. The van der Waals surface area contributed by atoms with Crippen molar-refractivity contribution in [2.24, 2.45) is 5.73 Å². The van der Waals surface area contributed by atoms with Crippen LogP contribution < -0.4 is 5.73 Å². The Hall–Kier alpha value is -0.550. The Kier molecular flexibility index (Phi) is 3.33. The van der Waals surface area contributed by atoms with Crippen LogP contribution in [0.25, 0.3) is 0 Å². The molecule has 13 heavy (non-hydrogen) atoms. The number of alkyl halides is 2. The third kappa shape index (κ3) is 2.22. The maximum atomic E-state index is 12.2. The number of nitrogens with zero attached hydrogens (tertiary/aromatic N) is 1. The average molecular weight is 251 g/mol. The van der Waals surface area contributed by atoms with Gasteiger partial charge in [-0.1, -0.05) is 0 Å². The Balaban J connectivity index is 3.20. The molecule has 0 spiro atoms. The molecule has 1 rings (SSSR count). The van der Waals surface area contributed by atoms with Crippen LogP contribution in [-0.2, 0) is 6.54 Å². The molecule has 0 saturated heterocycles. The Bertz CT molecular complexity index is 292. The van der Waals surface area contributed by atoms with Gasteiger partial charge in [-0.05, 0) is 34.5 Å². The van der Waals surface area contributed by atoms with E-state index in [-0.39, 0.29) is 5.69 Å². The highest BCUT2D eigenvalue weighted by molar-refractivity contribution is 9.10. The van der Waals surface area contributed by atoms with Crippen LogP contribution in [0.15, 0.2) is 10.7 Å². The molecule has 0 saturated carbocycles. The van der Waals surface area contributed by atoms with Crippen LogP contribution in [0.4, 0.5) is 8.78 Å². The molecule has 1 heterocycles. The van der Waals surface area contributed by atoms with Gasteiger partial charge in [-0.15, -0.1) is 0 Å². The zero-order valence-corrected chi connectivity index (χ0v) is 8.61. The molecule has 0 aliphatic heterocycles. The number of halogens is 3. The van der Waals surface area contributed by atoms with Crippen LogP contribution in [0.3, 0.4) is 0 Å². The number of rotatable bonds is 2. The topological polar surface area (TPSA) is 38.9 Å². The van der Waals surface area contributed by atoms with Gasteiger partial charge in [0.15, 0.2) is 0 Å². The average Bonchev–Trinajstić information content (AvgIpc) is 2.03. The van der Waals surface area contributed by atoms with Crippen LogP contribution in [-0.4, -0.2) is 4.98 Å². The molecule has 1 aromatic rings. The monoisotopic (exact) mass is 250 g/mol. The fourth-order valence-corrected chi connectivity index (χ4v) is 1.72. The second kappa shape index (κ2) is 4.11. The van der Waals surface area contributed by atoms with Gasteiger partial charge in [-0.3, -0.25) is 0 Å². The van der Waals surface area contributed by atoms with E-state index in [1.54, 1.807) is 6.92 Å². The van der Waals surface area contributed by atoms with Crippen LogP contribution in [0, 0.1) is 6.92 Å². The van der Waals surface area contributed by atoms with Gasteiger partial charge in [0, 0.05) is 12.1 Å². The molecule has 72 valence electrons. The van der Waals surface area contributed by atoms with Crippen LogP contribution in [0.5, 0.6) is 0 Å². The molecule has 2 N–H and O–H groups in total. The van der Waals surface area contributed by atoms with Crippen molar-refractivity contribution in [3.63, 3.8) is 0 Å². The van der Waals surface area contributed by atoms with Gasteiger partial charge in [-0.25, -0.2) is 13.8 Å². The fourth-order valence-electron chi connectivity index (χ4n) is 1.04. The first-order valence-corrected chi connectivity index (χ1v) is 4.49. The van der Waals surface area contributed by atoms with E-state index in [1.807, 2.05) is 0 Å². The lowest BCUT2D eigenvalue weighted by Gasteiger charge is -2.07. The Morgan fingerprint density at radius 3 is 2.62 bits per heavy atom. The van der Waals surface area contributed by atoms with Gasteiger partial charge in [-0.2, -0.15) is 0 Å². The number of hydrogen-bond acceptors (Lipinski definition) is 2. The smallest absolute Gasteiger partial charge is 0.280 e. The molecule has 2 nitrogen and oxygen atoms in total. The maximum Gasteiger partial charge on any atom is 0.280 e. The highest BCUT2D eigenvalue weighted by Gasteiger charge is 2.13. The number of pyridine rings is 1. The second-order valence-corrected chi connectivity index (χ2v) is 3.39. The van der Waals surface area contributed by atoms with E-state index >= 15 is 0 Å². The predicted octanol–water partition coefficient (Wildman–Crippen LogP) is 2.55. The van der Waals surface area contributed by atoms with Crippen LogP contribution in [0.2, 0.25) is 0 Å². The second-order valence-electron chi connectivity index (χ2n) is 2.64. The first kappa shape index (κ1) is 10.5. The number of aromatic nitrogens is 1. The molecular formula is C8H9BrF2N2. The van der Waals surface area contributed by atoms with Crippen LogP contribution >= 0.6 is 15.9 Å². The van der Waals surface area contributed by atoms with Crippen molar-refractivity contribution in [1.82, 2.24) is 4.98 Å².